The van der Waals surface area contributed by atoms with Crippen molar-refractivity contribution in [3.05, 3.63) is 54.1 Å². The van der Waals surface area contributed by atoms with E-state index in [4.69, 9.17) is 17.0 Å². The van der Waals surface area contributed by atoms with Gasteiger partial charge in [0.1, 0.15) is 5.75 Å². The van der Waals surface area contributed by atoms with Crippen molar-refractivity contribution in [2.75, 3.05) is 19.0 Å². The molecule has 184 valence electrons. The van der Waals surface area contributed by atoms with Crippen LogP contribution in [0.25, 0.3) is 0 Å². The highest BCUT2D eigenvalue weighted by Crippen LogP contribution is 2.27. The van der Waals surface area contributed by atoms with E-state index < -0.39 is 10.0 Å². The highest BCUT2D eigenvalue weighted by Gasteiger charge is 2.29. The topological polar surface area (TPSA) is 87.7 Å². The van der Waals surface area contributed by atoms with Gasteiger partial charge in [0.15, 0.2) is 5.11 Å². The summed E-state index contributed by atoms with van der Waals surface area (Å²) in [6, 6.07) is 13.5. The van der Waals surface area contributed by atoms with Crippen molar-refractivity contribution < 1.29 is 17.9 Å². The Morgan fingerprint density at radius 3 is 2.44 bits per heavy atom. The third-order valence-corrected chi connectivity index (χ3v) is 8.12. The Labute approximate surface area is 207 Å². The van der Waals surface area contributed by atoms with E-state index >= 15 is 0 Å². The van der Waals surface area contributed by atoms with Crippen LogP contribution in [0.4, 0.5) is 5.69 Å². The van der Waals surface area contributed by atoms with Gasteiger partial charge in [-0.05, 0) is 67.9 Å². The predicted molar refractivity (Wildman–Crippen MR) is 139 cm³/mol. The molecule has 0 atom stereocenters. The second-order valence-electron chi connectivity index (χ2n) is 8.44. The minimum atomic E-state index is -3.56. The minimum absolute atomic E-state index is 0.0492. The number of ether oxygens (including phenoxy) is 1. The lowest BCUT2D eigenvalue weighted by Crippen LogP contribution is -2.38. The molecule has 0 spiro atoms. The van der Waals surface area contributed by atoms with Crippen molar-refractivity contribution >= 4 is 38.9 Å². The van der Waals surface area contributed by atoms with E-state index in [0.29, 0.717) is 23.6 Å². The van der Waals surface area contributed by atoms with Crippen molar-refractivity contribution in [1.29, 1.82) is 0 Å². The zero-order chi connectivity index (χ0) is 24.6. The van der Waals surface area contributed by atoms with Gasteiger partial charge in [-0.1, -0.05) is 44.7 Å². The predicted octanol–water partition coefficient (Wildman–Crippen LogP) is 4.95. The summed E-state index contributed by atoms with van der Waals surface area (Å²) in [5.41, 5.74) is 0.979. The zero-order valence-electron chi connectivity index (χ0n) is 19.7. The number of amides is 1. The maximum absolute atomic E-state index is 13.0. The van der Waals surface area contributed by atoms with E-state index in [1.807, 2.05) is 6.07 Å². The van der Waals surface area contributed by atoms with Gasteiger partial charge < -0.3 is 10.1 Å². The Morgan fingerprint density at radius 1 is 1.09 bits per heavy atom. The molecule has 9 heteroatoms. The Kier molecular flexibility index (Phi) is 9.44. The lowest BCUT2D eigenvalue weighted by molar-refractivity contribution is 0.0973. The molecule has 0 saturated heterocycles. The number of sulfonamides is 1. The number of nitrogens with one attached hydrogen (secondary N) is 2. The average molecular weight is 504 g/mol. The van der Waals surface area contributed by atoms with Crippen molar-refractivity contribution in [2.24, 2.45) is 0 Å². The summed E-state index contributed by atoms with van der Waals surface area (Å²) in [5.74, 6) is 0.130. The molecule has 1 saturated carbocycles. The molecule has 2 aromatic rings. The maximum atomic E-state index is 13.0. The fraction of sp³-hybridized carbons (Fsp3) is 0.440. The first kappa shape index (κ1) is 26.1. The van der Waals surface area contributed by atoms with E-state index in [1.54, 1.807) is 49.5 Å². The van der Waals surface area contributed by atoms with E-state index in [9.17, 15) is 13.2 Å². The largest absolute Gasteiger partial charge is 0.493 e. The monoisotopic (exact) mass is 503 g/mol. The van der Waals surface area contributed by atoms with Gasteiger partial charge >= 0.3 is 0 Å². The van der Waals surface area contributed by atoms with Crippen molar-refractivity contribution in [3.8, 4) is 5.75 Å². The standard InChI is InChI=1S/C25H33N3O4S2/c1-3-4-18-32-23-13-9-8-12-22(23)24(29)27-25(33)26-19-14-16-21(17-15-19)34(30,31)28(2)20-10-6-5-7-11-20/h8-9,12-17,20H,3-7,10-11,18H2,1-2H3,(H2,26,27,29,33). The number of anilines is 1. The van der Waals surface area contributed by atoms with Gasteiger partial charge in [0.2, 0.25) is 10.0 Å². The fourth-order valence-corrected chi connectivity index (χ4v) is 5.58. The van der Waals surface area contributed by atoms with Gasteiger partial charge in [-0.3, -0.25) is 10.1 Å². The van der Waals surface area contributed by atoms with Gasteiger partial charge in [0.25, 0.3) is 5.91 Å². The van der Waals surface area contributed by atoms with E-state index in [1.165, 1.54) is 10.7 Å². The first-order valence-corrected chi connectivity index (χ1v) is 13.6. The van der Waals surface area contributed by atoms with Crippen molar-refractivity contribution in [1.82, 2.24) is 9.62 Å². The maximum Gasteiger partial charge on any atom is 0.261 e. The Bertz CT molecular complexity index is 1080. The molecule has 1 amide bonds. The molecular formula is C25H33N3O4S2. The molecule has 2 N–H and O–H groups in total. The number of carbonyl (C=O) groups excluding carboxylic acids is 1. The number of hydrogen-bond acceptors (Lipinski definition) is 5. The van der Waals surface area contributed by atoms with E-state index in [-0.39, 0.29) is 22.0 Å². The van der Waals surface area contributed by atoms with Crippen LogP contribution in [0.3, 0.4) is 0 Å². The molecule has 1 aliphatic rings. The molecule has 3 rings (SSSR count). The van der Waals surface area contributed by atoms with Crippen LogP contribution in [0.5, 0.6) is 5.75 Å². The van der Waals surface area contributed by atoms with Crippen molar-refractivity contribution in [2.45, 2.75) is 62.8 Å². The lowest BCUT2D eigenvalue weighted by atomic mass is 9.96. The smallest absolute Gasteiger partial charge is 0.261 e. The first-order valence-electron chi connectivity index (χ1n) is 11.7. The van der Waals surface area contributed by atoms with Crippen LogP contribution in [0.1, 0.15) is 62.2 Å². The quantitative estimate of drug-likeness (QED) is 0.372. The number of hydrogen-bond donors (Lipinski definition) is 2. The fourth-order valence-electron chi connectivity index (χ4n) is 3.96. The number of carbonyl (C=O) groups is 1. The second-order valence-corrected chi connectivity index (χ2v) is 10.8. The zero-order valence-corrected chi connectivity index (χ0v) is 21.4. The molecule has 0 bridgehead atoms. The highest BCUT2D eigenvalue weighted by molar-refractivity contribution is 7.89. The number of benzene rings is 2. The Balaban J connectivity index is 1.60. The van der Waals surface area contributed by atoms with Crippen LogP contribution < -0.4 is 15.4 Å². The van der Waals surface area contributed by atoms with Crippen LogP contribution in [-0.4, -0.2) is 43.4 Å². The van der Waals surface area contributed by atoms with Gasteiger partial charge in [-0.15, -0.1) is 0 Å². The number of rotatable bonds is 9. The van der Waals surface area contributed by atoms with E-state index in [0.717, 1.165) is 38.5 Å². The minimum Gasteiger partial charge on any atom is -0.493 e. The SMILES string of the molecule is CCCCOc1ccccc1C(=O)NC(=S)Nc1ccc(S(=O)(=O)N(C)C2CCCCC2)cc1. The Hall–Kier alpha value is -2.49. The molecular weight excluding hydrogens is 470 g/mol. The normalized spacial score (nSPS) is 14.6. The van der Waals surface area contributed by atoms with Crippen LogP contribution in [0.15, 0.2) is 53.4 Å². The summed E-state index contributed by atoms with van der Waals surface area (Å²) in [5, 5.41) is 5.71. The third kappa shape index (κ3) is 6.77. The van der Waals surface area contributed by atoms with Crippen LogP contribution >= 0.6 is 12.2 Å². The van der Waals surface area contributed by atoms with Crippen molar-refractivity contribution in [3.63, 3.8) is 0 Å². The molecule has 0 aliphatic heterocycles. The summed E-state index contributed by atoms with van der Waals surface area (Å²) in [6.45, 7) is 2.61. The third-order valence-electron chi connectivity index (χ3n) is 5.99. The molecule has 0 radical (unpaired) electrons. The number of thiocarbonyl (C=S) groups is 1. The van der Waals surface area contributed by atoms with Crippen LogP contribution in [0.2, 0.25) is 0 Å². The summed E-state index contributed by atoms with van der Waals surface area (Å²) < 4.78 is 33.2. The lowest BCUT2D eigenvalue weighted by Gasteiger charge is -2.30. The van der Waals surface area contributed by atoms with Gasteiger partial charge in [0, 0.05) is 18.8 Å². The molecule has 7 nitrogen and oxygen atoms in total. The van der Waals surface area contributed by atoms with Gasteiger partial charge in [-0.25, -0.2) is 8.42 Å². The van der Waals surface area contributed by atoms with E-state index in [2.05, 4.69) is 17.6 Å². The molecule has 2 aromatic carbocycles. The summed E-state index contributed by atoms with van der Waals surface area (Å²) in [4.78, 5) is 12.9. The molecule has 34 heavy (non-hydrogen) atoms. The molecule has 0 aromatic heterocycles. The Morgan fingerprint density at radius 2 is 1.76 bits per heavy atom. The summed E-state index contributed by atoms with van der Waals surface area (Å²) in [7, 11) is -1.91. The molecule has 1 aliphatic carbocycles. The molecule has 0 heterocycles. The first-order chi connectivity index (χ1) is 16.3. The second kappa shape index (κ2) is 12.3. The average Bonchev–Trinajstić information content (AvgIpc) is 2.84. The highest BCUT2D eigenvalue weighted by atomic mass is 32.2. The molecule has 0 unspecified atom stereocenters. The summed E-state index contributed by atoms with van der Waals surface area (Å²) >= 11 is 5.28. The van der Waals surface area contributed by atoms with Gasteiger partial charge in [-0.2, -0.15) is 4.31 Å². The summed E-state index contributed by atoms with van der Waals surface area (Å²) in [6.07, 6.45) is 6.99. The number of nitrogens with zero attached hydrogens (tertiary/aromatic N) is 1. The molecule has 1 fully saturated rings. The number of para-hydroxylation sites is 1. The van der Waals surface area contributed by atoms with Gasteiger partial charge in [0.05, 0.1) is 17.1 Å². The number of unbranched alkanes of at least 4 members (excludes halogenated alkanes) is 1. The van der Waals surface area contributed by atoms with Crippen LogP contribution in [0, 0.1) is 0 Å². The van der Waals surface area contributed by atoms with Crippen LogP contribution in [-0.2, 0) is 10.0 Å².